The van der Waals surface area contributed by atoms with Crippen molar-refractivity contribution in [1.29, 1.82) is 0 Å². The second-order valence-corrected chi connectivity index (χ2v) is 10.6. The third-order valence-corrected chi connectivity index (χ3v) is 8.31. The van der Waals surface area contributed by atoms with Crippen molar-refractivity contribution in [2.45, 2.75) is 24.5 Å². The molecule has 7 nitrogen and oxygen atoms in total. The first-order chi connectivity index (χ1) is 12.2. The average Bonchev–Trinajstić information content (AvgIpc) is 3.06. The van der Waals surface area contributed by atoms with Gasteiger partial charge < -0.3 is 15.1 Å². The van der Waals surface area contributed by atoms with E-state index >= 15 is 0 Å². The topological polar surface area (TPSA) is 86.8 Å². The van der Waals surface area contributed by atoms with Crippen molar-refractivity contribution in [3.05, 3.63) is 21.9 Å². The molecule has 2 aliphatic rings. The third-order valence-electron chi connectivity index (χ3n) is 5.32. The number of aryl methyl sites for hydroxylation is 1. The molecule has 0 atom stereocenters. The van der Waals surface area contributed by atoms with E-state index in [0.717, 1.165) is 11.1 Å². The van der Waals surface area contributed by atoms with E-state index in [0.29, 0.717) is 57.0 Å². The van der Waals surface area contributed by atoms with Gasteiger partial charge in [-0.15, -0.1) is 23.7 Å². The molecule has 2 fully saturated rings. The predicted molar refractivity (Wildman–Crippen MR) is 108 cm³/mol. The number of nitrogens with one attached hydrogen (secondary N) is 1. The highest BCUT2D eigenvalue weighted by Crippen LogP contribution is 2.30. The van der Waals surface area contributed by atoms with Crippen molar-refractivity contribution in [3.63, 3.8) is 0 Å². The number of nitrogens with zero attached hydrogens (tertiary/aromatic N) is 2. The van der Waals surface area contributed by atoms with E-state index in [2.05, 4.69) is 5.32 Å². The summed E-state index contributed by atoms with van der Waals surface area (Å²) in [6.07, 6.45) is 1.77. The number of hydrogen-bond donors (Lipinski definition) is 1. The Labute approximate surface area is 170 Å². The maximum absolute atomic E-state index is 13.1. The monoisotopic (exact) mass is 435 g/mol. The standard InChI is InChI=1S/C17H25N3O4S2.ClH/c1-13-3-4-14(25-13)15(21)19-9-11-20(12-10-19)16(22)17(26(2,23)24)5-7-18-8-6-17;/h3-4,18H,5-12H2,1-2H3;1H. The summed E-state index contributed by atoms with van der Waals surface area (Å²) in [6.45, 7) is 4.62. The van der Waals surface area contributed by atoms with E-state index in [1.54, 1.807) is 9.80 Å². The Hall–Kier alpha value is -1.16. The van der Waals surface area contributed by atoms with Crippen molar-refractivity contribution in [2.24, 2.45) is 0 Å². The number of amides is 2. The van der Waals surface area contributed by atoms with Gasteiger partial charge in [0.15, 0.2) is 14.6 Å². The Morgan fingerprint density at radius 2 is 1.63 bits per heavy atom. The summed E-state index contributed by atoms with van der Waals surface area (Å²) < 4.78 is 23.5. The molecule has 10 heteroatoms. The number of piperidine rings is 1. The van der Waals surface area contributed by atoms with Crippen LogP contribution in [0.3, 0.4) is 0 Å². The molecule has 1 aromatic rings. The van der Waals surface area contributed by atoms with Gasteiger partial charge >= 0.3 is 0 Å². The highest BCUT2D eigenvalue weighted by molar-refractivity contribution is 7.92. The number of carbonyl (C=O) groups excluding carboxylic acids is 2. The van der Waals surface area contributed by atoms with Crippen LogP contribution >= 0.6 is 23.7 Å². The maximum Gasteiger partial charge on any atom is 0.264 e. The number of piperazine rings is 1. The van der Waals surface area contributed by atoms with Crippen LogP contribution in [0.1, 0.15) is 27.4 Å². The number of sulfone groups is 1. The van der Waals surface area contributed by atoms with Crippen LogP contribution in [0.2, 0.25) is 0 Å². The molecule has 3 heterocycles. The highest BCUT2D eigenvalue weighted by atomic mass is 35.5. The van der Waals surface area contributed by atoms with Crippen molar-refractivity contribution >= 4 is 45.4 Å². The Morgan fingerprint density at radius 1 is 1.07 bits per heavy atom. The van der Waals surface area contributed by atoms with Crippen LogP contribution in [-0.2, 0) is 14.6 Å². The summed E-state index contributed by atoms with van der Waals surface area (Å²) >= 11 is 1.46. The Bertz CT molecular complexity index is 795. The zero-order chi connectivity index (χ0) is 18.9. The van der Waals surface area contributed by atoms with Gasteiger partial charge in [-0.3, -0.25) is 9.59 Å². The quantitative estimate of drug-likeness (QED) is 0.763. The number of hydrogen-bond acceptors (Lipinski definition) is 6. The average molecular weight is 436 g/mol. The summed E-state index contributed by atoms with van der Waals surface area (Å²) in [4.78, 5) is 30.8. The molecule has 2 amide bonds. The van der Waals surface area contributed by atoms with Gasteiger partial charge in [-0.1, -0.05) is 0 Å². The lowest BCUT2D eigenvalue weighted by atomic mass is 9.95. The van der Waals surface area contributed by atoms with Gasteiger partial charge in [0.25, 0.3) is 5.91 Å². The first-order valence-electron chi connectivity index (χ1n) is 8.80. The third kappa shape index (κ3) is 4.31. The lowest BCUT2D eigenvalue weighted by Crippen LogP contribution is -2.61. The van der Waals surface area contributed by atoms with Crippen molar-refractivity contribution < 1.29 is 18.0 Å². The SMILES string of the molecule is Cc1ccc(C(=O)N2CCN(C(=O)C3(S(C)(=O)=O)CCNCC3)CC2)s1.Cl. The molecule has 0 spiro atoms. The maximum atomic E-state index is 13.1. The van der Waals surface area contributed by atoms with Gasteiger partial charge in [0, 0.05) is 37.3 Å². The summed E-state index contributed by atoms with van der Waals surface area (Å²) in [6, 6.07) is 3.75. The number of halogens is 1. The highest BCUT2D eigenvalue weighted by Gasteiger charge is 2.50. The van der Waals surface area contributed by atoms with Gasteiger partial charge in [0.1, 0.15) is 0 Å². The van der Waals surface area contributed by atoms with Crippen molar-refractivity contribution in [2.75, 3.05) is 45.5 Å². The van der Waals surface area contributed by atoms with Crippen LogP contribution in [0, 0.1) is 6.92 Å². The first-order valence-corrected chi connectivity index (χ1v) is 11.5. The van der Waals surface area contributed by atoms with Crippen LogP contribution in [0.4, 0.5) is 0 Å². The molecule has 2 aliphatic heterocycles. The molecule has 152 valence electrons. The fourth-order valence-corrected chi connectivity index (χ4v) is 5.91. The second-order valence-electron chi connectivity index (χ2n) is 7.01. The summed E-state index contributed by atoms with van der Waals surface area (Å²) in [7, 11) is -3.52. The summed E-state index contributed by atoms with van der Waals surface area (Å²) in [5.41, 5.74) is 0. The molecule has 0 bridgehead atoms. The van der Waals surface area contributed by atoms with Crippen LogP contribution in [0.5, 0.6) is 0 Å². The molecule has 1 N–H and O–H groups in total. The van der Waals surface area contributed by atoms with Crippen LogP contribution in [0.25, 0.3) is 0 Å². The van der Waals surface area contributed by atoms with E-state index in [9.17, 15) is 18.0 Å². The van der Waals surface area contributed by atoms with E-state index in [-0.39, 0.29) is 24.2 Å². The lowest BCUT2D eigenvalue weighted by Gasteiger charge is -2.41. The smallest absolute Gasteiger partial charge is 0.264 e. The normalized spacial score (nSPS) is 20.1. The zero-order valence-electron chi connectivity index (χ0n) is 15.6. The zero-order valence-corrected chi connectivity index (χ0v) is 18.0. The fraction of sp³-hybridized carbons (Fsp3) is 0.647. The number of thiophene rings is 1. The van der Waals surface area contributed by atoms with E-state index in [4.69, 9.17) is 0 Å². The molecule has 27 heavy (non-hydrogen) atoms. The van der Waals surface area contributed by atoms with Crippen molar-refractivity contribution in [3.8, 4) is 0 Å². The lowest BCUT2D eigenvalue weighted by molar-refractivity contribution is -0.136. The van der Waals surface area contributed by atoms with Crippen molar-refractivity contribution in [1.82, 2.24) is 15.1 Å². The molecule has 2 saturated heterocycles. The molecule has 0 aliphatic carbocycles. The minimum atomic E-state index is -3.52. The Kier molecular flexibility index (Phi) is 6.94. The molecule has 0 radical (unpaired) electrons. The summed E-state index contributed by atoms with van der Waals surface area (Å²) in [5.74, 6) is -0.324. The summed E-state index contributed by atoms with van der Waals surface area (Å²) in [5, 5.41) is 3.12. The number of rotatable bonds is 3. The second kappa shape index (κ2) is 8.46. The Balaban J connectivity index is 0.00000261. The predicted octanol–water partition coefficient (Wildman–Crippen LogP) is 0.930. The van der Waals surface area contributed by atoms with Gasteiger partial charge in [-0.05, 0) is 45.0 Å². The molecule has 0 aromatic carbocycles. The molecule has 0 saturated carbocycles. The minimum absolute atomic E-state index is 0. The Morgan fingerprint density at radius 3 is 2.11 bits per heavy atom. The van der Waals surface area contributed by atoms with Crippen LogP contribution in [0.15, 0.2) is 12.1 Å². The largest absolute Gasteiger partial charge is 0.338 e. The van der Waals surface area contributed by atoms with E-state index in [1.165, 1.54) is 11.3 Å². The molecule has 0 unspecified atom stereocenters. The van der Waals surface area contributed by atoms with Gasteiger partial charge in [-0.2, -0.15) is 0 Å². The molecule has 3 rings (SSSR count). The van der Waals surface area contributed by atoms with Gasteiger partial charge in [-0.25, -0.2) is 8.42 Å². The fourth-order valence-electron chi connectivity index (χ4n) is 3.68. The number of carbonyl (C=O) groups is 2. The van der Waals surface area contributed by atoms with Crippen LogP contribution < -0.4 is 5.32 Å². The molecular weight excluding hydrogens is 410 g/mol. The van der Waals surface area contributed by atoms with Gasteiger partial charge in [0.2, 0.25) is 5.91 Å². The minimum Gasteiger partial charge on any atom is -0.338 e. The molecular formula is C17H26ClN3O4S2. The molecule has 1 aromatic heterocycles. The van der Waals surface area contributed by atoms with Gasteiger partial charge in [0.05, 0.1) is 4.88 Å². The van der Waals surface area contributed by atoms with E-state index < -0.39 is 14.6 Å². The van der Waals surface area contributed by atoms with Crippen LogP contribution in [-0.4, -0.2) is 80.3 Å². The first kappa shape index (κ1) is 22.1. The van der Waals surface area contributed by atoms with E-state index in [1.807, 2.05) is 19.1 Å².